The Morgan fingerprint density at radius 3 is 2.89 bits per heavy atom. The van der Waals surface area contributed by atoms with Gasteiger partial charge in [-0.05, 0) is 31.0 Å². The van der Waals surface area contributed by atoms with E-state index in [9.17, 15) is 0 Å². The highest BCUT2D eigenvalue weighted by Gasteiger charge is 2.27. The summed E-state index contributed by atoms with van der Waals surface area (Å²) in [7, 11) is 0. The second-order valence-corrected chi connectivity index (χ2v) is 5.91. The van der Waals surface area contributed by atoms with Crippen molar-refractivity contribution in [2.75, 3.05) is 0 Å². The summed E-state index contributed by atoms with van der Waals surface area (Å²) < 4.78 is 6.33. The molecule has 0 saturated heterocycles. The minimum absolute atomic E-state index is 0.513. The normalized spacial score (nSPS) is 14.3. The van der Waals surface area contributed by atoms with Crippen molar-refractivity contribution in [1.29, 1.82) is 0 Å². The topological polar surface area (TPSA) is 64.9 Å². The maximum Gasteiger partial charge on any atom is 0.246 e. The Bertz CT molecular complexity index is 551. The summed E-state index contributed by atoms with van der Waals surface area (Å²) in [6.07, 6.45) is 2.45. The summed E-state index contributed by atoms with van der Waals surface area (Å²) in [4.78, 5) is 4.41. The van der Waals surface area contributed by atoms with Gasteiger partial charge in [-0.2, -0.15) is 4.98 Å². The van der Waals surface area contributed by atoms with E-state index in [1.165, 1.54) is 0 Å². The van der Waals surface area contributed by atoms with Crippen molar-refractivity contribution >= 4 is 15.9 Å². The molecular formula is C14H18BrN3O. The van der Waals surface area contributed by atoms with Gasteiger partial charge in [0, 0.05) is 10.9 Å². The number of benzene rings is 1. The SMILES string of the molecule is CCCC(C)(N)c1nc(Cc2cccc(Br)c2)no1. The lowest BCUT2D eigenvalue weighted by Gasteiger charge is -2.18. The maximum atomic E-state index is 6.18. The van der Waals surface area contributed by atoms with Crippen LogP contribution in [0.25, 0.3) is 0 Å². The van der Waals surface area contributed by atoms with Gasteiger partial charge < -0.3 is 10.3 Å². The molecule has 1 heterocycles. The summed E-state index contributed by atoms with van der Waals surface area (Å²) >= 11 is 3.45. The van der Waals surface area contributed by atoms with Crippen LogP contribution in [-0.2, 0) is 12.0 Å². The second-order valence-electron chi connectivity index (χ2n) is 4.99. The lowest BCUT2D eigenvalue weighted by Crippen LogP contribution is -2.33. The van der Waals surface area contributed by atoms with Crippen LogP contribution < -0.4 is 5.73 Å². The third-order valence-electron chi connectivity index (χ3n) is 2.98. The zero-order valence-corrected chi connectivity index (χ0v) is 12.8. The first-order valence-corrected chi connectivity index (χ1v) is 7.17. The van der Waals surface area contributed by atoms with Gasteiger partial charge in [0.2, 0.25) is 5.89 Å². The zero-order valence-electron chi connectivity index (χ0n) is 11.2. The fraction of sp³-hybridized carbons (Fsp3) is 0.429. The molecule has 0 saturated carbocycles. The van der Waals surface area contributed by atoms with Crippen molar-refractivity contribution in [2.45, 2.75) is 38.6 Å². The summed E-state index contributed by atoms with van der Waals surface area (Å²) in [6.45, 7) is 4.01. The standard InChI is InChI=1S/C14H18BrN3O/c1-3-7-14(2,16)13-17-12(18-19-13)9-10-5-4-6-11(15)8-10/h4-6,8H,3,7,9,16H2,1-2H3. The first-order valence-electron chi connectivity index (χ1n) is 6.37. The van der Waals surface area contributed by atoms with Gasteiger partial charge in [-0.15, -0.1) is 0 Å². The average molecular weight is 324 g/mol. The molecule has 0 amide bonds. The van der Waals surface area contributed by atoms with Gasteiger partial charge in [0.25, 0.3) is 0 Å². The largest absolute Gasteiger partial charge is 0.337 e. The molecule has 4 nitrogen and oxygen atoms in total. The molecule has 19 heavy (non-hydrogen) atoms. The van der Waals surface area contributed by atoms with Gasteiger partial charge in [0.15, 0.2) is 5.82 Å². The third-order valence-corrected chi connectivity index (χ3v) is 3.47. The highest BCUT2D eigenvalue weighted by molar-refractivity contribution is 9.10. The zero-order chi connectivity index (χ0) is 13.9. The monoisotopic (exact) mass is 323 g/mol. The van der Waals surface area contributed by atoms with Crippen LogP contribution in [0.5, 0.6) is 0 Å². The lowest BCUT2D eigenvalue weighted by atomic mass is 9.98. The number of halogens is 1. The molecule has 0 aliphatic carbocycles. The van der Waals surface area contributed by atoms with E-state index < -0.39 is 5.54 Å². The van der Waals surface area contributed by atoms with Gasteiger partial charge in [0.1, 0.15) is 0 Å². The molecule has 0 aliphatic heterocycles. The van der Waals surface area contributed by atoms with E-state index in [0.29, 0.717) is 18.1 Å². The molecule has 1 atom stereocenters. The molecule has 2 N–H and O–H groups in total. The van der Waals surface area contributed by atoms with Crippen molar-refractivity contribution in [3.05, 3.63) is 46.0 Å². The van der Waals surface area contributed by atoms with Crippen molar-refractivity contribution < 1.29 is 4.52 Å². The van der Waals surface area contributed by atoms with Crippen molar-refractivity contribution in [1.82, 2.24) is 10.1 Å². The predicted octanol–water partition coefficient (Wildman–Crippen LogP) is 3.40. The van der Waals surface area contributed by atoms with Gasteiger partial charge >= 0.3 is 0 Å². The fourth-order valence-electron chi connectivity index (χ4n) is 2.01. The Balaban J connectivity index is 2.13. The summed E-state index contributed by atoms with van der Waals surface area (Å²) in [6, 6.07) is 8.06. The number of hydrogen-bond donors (Lipinski definition) is 1. The molecule has 0 radical (unpaired) electrons. The molecule has 2 rings (SSSR count). The Morgan fingerprint density at radius 2 is 2.21 bits per heavy atom. The molecule has 0 spiro atoms. The van der Waals surface area contributed by atoms with E-state index in [-0.39, 0.29) is 0 Å². The van der Waals surface area contributed by atoms with Crippen LogP contribution in [0, 0.1) is 0 Å². The minimum atomic E-state index is -0.544. The summed E-state index contributed by atoms with van der Waals surface area (Å²) in [5, 5.41) is 4.01. The smallest absolute Gasteiger partial charge is 0.246 e. The average Bonchev–Trinajstić information content (AvgIpc) is 2.78. The van der Waals surface area contributed by atoms with Crippen LogP contribution >= 0.6 is 15.9 Å². The van der Waals surface area contributed by atoms with Crippen LogP contribution in [0.4, 0.5) is 0 Å². The number of nitrogens with zero attached hydrogens (tertiary/aromatic N) is 2. The van der Waals surface area contributed by atoms with Crippen LogP contribution in [0.3, 0.4) is 0 Å². The lowest BCUT2D eigenvalue weighted by molar-refractivity contribution is 0.282. The summed E-state index contributed by atoms with van der Waals surface area (Å²) in [5.74, 6) is 1.18. The molecule has 5 heteroatoms. The second kappa shape index (κ2) is 5.84. The molecule has 102 valence electrons. The molecule has 1 aromatic heterocycles. The van der Waals surface area contributed by atoms with Crippen LogP contribution in [-0.4, -0.2) is 10.1 Å². The first-order chi connectivity index (χ1) is 9.01. The highest BCUT2D eigenvalue weighted by Crippen LogP contribution is 2.22. The Labute approximate surface area is 121 Å². The number of nitrogens with two attached hydrogens (primary N) is 1. The highest BCUT2D eigenvalue weighted by atomic mass is 79.9. The number of rotatable bonds is 5. The first kappa shape index (κ1) is 14.2. The van der Waals surface area contributed by atoms with Crippen LogP contribution in [0.2, 0.25) is 0 Å². The van der Waals surface area contributed by atoms with E-state index in [1.807, 2.05) is 31.2 Å². The molecule has 0 aliphatic rings. The maximum absolute atomic E-state index is 6.18. The predicted molar refractivity (Wildman–Crippen MR) is 77.7 cm³/mol. The fourth-order valence-corrected chi connectivity index (χ4v) is 2.46. The van der Waals surface area contributed by atoms with E-state index in [4.69, 9.17) is 10.3 Å². The van der Waals surface area contributed by atoms with Crippen molar-refractivity contribution in [2.24, 2.45) is 5.73 Å². The molecule has 0 fully saturated rings. The van der Waals surface area contributed by atoms with Crippen molar-refractivity contribution in [3.8, 4) is 0 Å². The quantitative estimate of drug-likeness (QED) is 0.915. The van der Waals surface area contributed by atoms with Gasteiger partial charge in [-0.1, -0.05) is 46.6 Å². The molecule has 0 bridgehead atoms. The molecule has 1 aromatic carbocycles. The Hall–Kier alpha value is -1.20. The molecule has 1 unspecified atom stereocenters. The van der Waals surface area contributed by atoms with Crippen LogP contribution in [0.15, 0.2) is 33.3 Å². The summed E-state index contributed by atoms with van der Waals surface area (Å²) in [5.41, 5.74) is 6.77. The Kier molecular flexibility index (Phi) is 4.37. The number of hydrogen-bond acceptors (Lipinski definition) is 4. The van der Waals surface area contributed by atoms with E-state index in [1.54, 1.807) is 0 Å². The van der Waals surface area contributed by atoms with Crippen LogP contribution in [0.1, 0.15) is 44.0 Å². The molecule has 2 aromatic rings. The van der Waals surface area contributed by atoms with E-state index >= 15 is 0 Å². The van der Waals surface area contributed by atoms with Gasteiger partial charge in [-0.25, -0.2) is 0 Å². The van der Waals surface area contributed by atoms with E-state index in [2.05, 4.69) is 33.0 Å². The third kappa shape index (κ3) is 3.64. The molecular weight excluding hydrogens is 306 g/mol. The van der Waals surface area contributed by atoms with E-state index in [0.717, 1.165) is 22.9 Å². The number of aromatic nitrogens is 2. The van der Waals surface area contributed by atoms with Crippen molar-refractivity contribution in [3.63, 3.8) is 0 Å². The van der Waals surface area contributed by atoms with Gasteiger partial charge in [-0.3, -0.25) is 0 Å². The van der Waals surface area contributed by atoms with Gasteiger partial charge in [0.05, 0.1) is 5.54 Å². The Morgan fingerprint density at radius 1 is 1.42 bits per heavy atom. The minimum Gasteiger partial charge on any atom is -0.337 e.